The first-order chi connectivity index (χ1) is 9.13. The van der Waals surface area contributed by atoms with Gasteiger partial charge in [-0.3, -0.25) is 0 Å². The molecule has 0 aliphatic heterocycles. The second-order valence-corrected chi connectivity index (χ2v) is 3.89. The first-order valence-corrected chi connectivity index (χ1v) is 5.56. The van der Waals surface area contributed by atoms with E-state index < -0.39 is 12.3 Å². The molecule has 0 radical (unpaired) electrons. The van der Waals surface area contributed by atoms with Crippen molar-refractivity contribution in [1.29, 1.82) is 0 Å². The number of ether oxygens (including phenoxy) is 2. The van der Waals surface area contributed by atoms with Crippen LogP contribution in [0.4, 0.5) is 0 Å². The third-order valence-corrected chi connectivity index (χ3v) is 2.64. The van der Waals surface area contributed by atoms with Crippen molar-refractivity contribution in [3.63, 3.8) is 0 Å². The van der Waals surface area contributed by atoms with Crippen molar-refractivity contribution in [2.24, 2.45) is 0 Å². The van der Waals surface area contributed by atoms with E-state index >= 15 is 0 Å². The lowest BCUT2D eigenvalue weighted by Crippen LogP contribution is -2.28. The zero-order valence-electron chi connectivity index (χ0n) is 10.3. The summed E-state index contributed by atoms with van der Waals surface area (Å²) in [7, 11) is 1.27. The monoisotopic (exact) mass is 256 g/mol. The second kappa shape index (κ2) is 5.42. The van der Waals surface area contributed by atoms with Crippen LogP contribution < -0.4 is 4.74 Å². The van der Waals surface area contributed by atoms with Crippen LogP contribution >= 0.6 is 0 Å². The summed E-state index contributed by atoms with van der Waals surface area (Å²) in [6, 6.07) is 10.8. The molecule has 0 aliphatic carbocycles. The Labute approximate surface area is 110 Å². The van der Waals surface area contributed by atoms with Gasteiger partial charge in [0.25, 0.3) is 6.29 Å². The van der Waals surface area contributed by atoms with Crippen LogP contribution in [0.3, 0.4) is 0 Å². The molecule has 0 bridgehead atoms. The predicted molar refractivity (Wildman–Crippen MR) is 70.9 cm³/mol. The van der Waals surface area contributed by atoms with Gasteiger partial charge in [-0.25, -0.2) is 4.79 Å². The SMILES string of the molecule is C#Cc1ccc2ccc(OC(OC)C(=O)O)cc2c1. The molecular weight excluding hydrogens is 244 g/mol. The van der Waals surface area contributed by atoms with Crippen LogP contribution in [0.2, 0.25) is 0 Å². The molecule has 2 aromatic carbocycles. The highest BCUT2D eigenvalue weighted by atomic mass is 16.7. The fraction of sp³-hybridized carbons (Fsp3) is 0.133. The summed E-state index contributed by atoms with van der Waals surface area (Å²) in [5, 5.41) is 10.7. The molecule has 19 heavy (non-hydrogen) atoms. The van der Waals surface area contributed by atoms with E-state index in [0.29, 0.717) is 5.75 Å². The standard InChI is InChI=1S/C15H12O4/c1-3-10-4-5-11-6-7-13(9-12(11)8-10)19-15(18-2)14(16)17/h1,4-9,15H,2H3,(H,16,17). The number of terminal acetylenes is 1. The van der Waals surface area contributed by atoms with Crippen LogP contribution in [0.5, 0.6) is 5.75 Å². The van der Waals surface area contributed by atoms with Gasteiger partial charge in [-0.2, -0.15) is 0 Å². The minimum absolute atomic E-state index is 0.413. The lowest BCUT2D eigenvalue weighted by Gasteiger charge is -2.13. The van der Waals surface area contributed by atoms with Crippen molar-refractivity contribution >= 4 is 16.7 Å². The van der Waals surface area contributed by atoms with Crippen molar-refractivity contribution in [2.75, 3.05) is 7.11 Å². The van der Waals surface area contributed by atoms with Gasteiger partial charge in [-0.15, -0.1) is 6.42 Å². The molecule has 1 unspecified atom stereocenters. The van der Waals surface area contributed by atoms with Gasteiger partial charge in [0.2, 0.25) is 0 Å². The molecule has 1 N–H and O–H groups in total. The third kappa shape index (κ3) is 2.84. The summed E-state index contributed by atoms with van der Waals surface area (Å²) in [6.07, 6.45) is 4.02. The Hall–Kier alpha value is -2.51. The number of carbonyl (C=O) groups is 1. The number of fused-ring (bicyclic) bond motifs is 1. The average molecular weight is 256 g/mol. The highest BCUT2D eigenvalue weighted by Gasteiger charge is 2.18. The molecule has 0 spiro atoms. The summed E-state index contributed by atoms with van der Waals surface area (Å²) in [6.45, 7) is 0. The van der Waals surface area contributed by atoms with Gasteiger partial charge in [-0.1, -0.05) is 18.1 Å². The number of methoxy groups -OCH3 is 1. The maximum atomic E-state index is 10.8. The quantitative estimate of drug-likeness (QED) is 0.673. The molecule has 0 saturated carbocycles. The van der Waals surface area contributed by atoms with E-state index in [4.69, 9.17) is 21.0 Å². The summed E-state index contributed by atoms with van der Waals surface area (Å²) >= 11 is 0. The molecule has 4 heteroatoms. The number of aliphatic carboxylic acids is 1. The molecule has 96 valence electrons. The Balaban J connectivity index is 2.35. The van der Waals surface area contributed by atoms with E-state index in [0.717, 1.165) is 16.3 Å². The summed E-state index contributed by atoms with van der Waals surface area (Å²) in [4.78, 5) is 10.8. The van der Waals surface area contributed by atoms with Crippen LogP contribution in [-0.2, 0) is 9.53 Å². The molecule has 4 nitrogen and oxygen atoms in total. The van der Waals surface area contributed by atoms with Gasteiger partial charge in [0.15, 0.2) is 0 Å². The smallest absolute Gasteiger partial charge is 0.373 e. The number of carboxylic acid groups (broad SMARTS) is 1. The number of hydrogen-bond acceptors (Lipinski definition) is 3. The average Bonchev–Trinajstić information content (AvgIpc) is 2.43. The zero-order chi connectivity index (χ0) is 13.8. The van der Waals surface area contributed by atoms with Crippen LogP contribution in [0.25, 0.3) is 10.8 Å². The van der Waals surface area contributed by atoms with Gasteiger partial charge < -0.3 is 14.6 Å². The molecule has 0 aromatic heterocycles. The minimum atomic E-state index is -1.33. The molecule has 0 saturated heterocycles. The van der Waals surface area contributed by atoms with Crippen LogP contribution in [0.1, 0.15) is 5.56 Å². The second-order valence-electron chi connectivity index (χ2n) is 3.89. The molecule has 2 rings (SSSR count). The first-order valence-electron chi connectivity index (χ1n) is 5.56. The molecule has 2 aromatic rings. The first kappa shape index (κ1) is 12.9. The van der Waals surface area contributed by atoms with Crippen molar-refractivity contribution in [2.45, 2.75) is 6.29 Å². The highest BCUT2D eigenvalue weighted by Crippen LogP contribution is 2.22. The van der Waals surface area contributed by atoms with E-state index in [1.54, 1.807) is 12.1 Å². The third-order valence-electron chi connectivity index (χ3n) is 2.64. The lowest BCUT2D eigenvalue weighted by molar-refractivity contribution is -0.166. The number of hydrogen-bond donors (Lipinski definition) is 1. The van der Waals surface area contributed by atoms with E-state index in [2.05, 4.69) is 5.92 Å². The molecule has 1 atom stereocenters. The summed E-state index contributed by atoms with van der Waals surface area (Å²) in [5.41, 5.74) is 0.756. The molecule has 0 amide bonds. The van der Waals surface area contributed by atoms with Gasteiger partial charge in [-0.05, 0) is 35.0 Å². The number of carboxylic acids is 1. The normalized spacial score (nSPS) is 11.8. The van der Waals surface area contributed by atoms with E-state index in [1.165, 1.54) is 7.11 Å². The number of benzene rings is 2. The van der Waals surface area contributed by atoms with Crippen molar-refractivity contribution in [3.05, 3.63) is 42.0 Å². The van der Waals surface area contributed by atoms with E-state index in [-0.39, 0.29) is 0 Å². The molecular formula is C15H12O4. The van der Waals surface area contributed by atoms with Gasteiger partial charge in [0.05, 0.1) is 0 Å². The van der Waals surface area contributed by atoms with E-state index in [9.17, 15) is 4.79 Å². The zero-order valence-corrected chi connectivity index (χ0v) is 10.3. The van der Waals surface area contributed by atoms with Crippen LogP contribution in [0, 0.1) is 12.3 Å². The summed E-state index contributed by atoms with van der Waals surface area (Å²) < 4.78 is 9.95. The van der Waals surface area contributed by atoms with Gasteiger partial charge >= 0.3 is 5.97 Å². The van der Waals surface area contributed by atoms with Crippen LogP contribution in [-0.4, -0.2) is 24.5 Å². The maximum absolute atomic E-state index is 10.8. The molecule has 0 aliphatic rings. The lowest BCUT2D eigenvalue weighted by atomic mass is 10.1. The Morgan fingerprint density at radius 2 is 2.00 bits per heavy atom. The minimum Gasteiger partial charge on any atom is -0.477 e. The fourth-order valence-corrected chi connectivity index (χ4v) is 1.71. The van der Waals surface area contributed by atoms with Crippen molar-refractivity contribution < 1.29 is 19.4 Å². The van der Waals surface area contributed by atoms with E-state index in [1.807, 2.05) is 24.3 Å². The van der Waals surface area contributed by atoms with Crippen molar-refractivity contribution in [1.82, 2.24) is 0 Å². The summed E-state index contributed by atoms with van der Waals surface area (Å²) in [5.74, 6) is 1.78. The topological polar surface area (TPSA) is 55.8 Å². The van der Waals surface area contributed by atoms with Crippen LogP contribution in [0.15, 0.2) is 36.4 Å². The predicted octanol–water partition coefficient (Wildman–Crippen LogP) is 2.26. The van der Waals surface area contributed by atoms with Gasteiger partial charge in [0, 0.05) is 12.7 Å². The Morgan fingerprint density at radius 3 is 2.63 bits per heavy atom. The Bertz CT molecular complexity index is 655. The fourth-order valence-electron chi connectivity index (χ4n) is 1.71. The maximum Gasteiger partial charge on any atom is 0.373 e. The highest BCUT2D eigenvalue weighted by molar-refractivity contribution is 5.85. The Kier molecular flexibility index (Phi) is 3.69. The largest absolute Gasteiger partial charge is 0.477 e. The Morgan fingerprint density at radius 1 is 1.26 bits per heavy atom. The molecule has 0 fully saturated rings. The van der Waals surface area contributed by atoms with Gasteiger partial charge in [0.1, 0.15) is 5.75 Å². The molecule has 0 heterocycles. The van der Waals surface area contributed by atoms with Crippen molar-refractivity contribution in [3.8, 4) is 18.1 Å². The number of rotatable bonds is 4.